The lowest BCUT2D eigenvalue weighted by atomic mass is 10.1. The molecule has 0 aromatic heterocycles. The van der Waals surface area contributed by atoms with Crippen LogP contribution >= 0.6 is 0 Å². The number of nitro benzene ring substituents is 2. The molecule has 0 atom stereocenters. The van der Waals surface area contributed by atoms with Crippen LogP contribution in [-0.4, -0.2) is 28.5 Å². The Labute approximate surface area is 173 Å². The van der Waals surface area contributed by atoms with Crippen molar-refractivity contribution in [2.45, 2.75) is 12.4 Å². The average Bonchev–Trinajstić information content (AvgIpc) is 2.68. The Kier molecular flexibility index (Phi) is 6.75. The van der Waals surface area contributed by atoms with E-state index in [9.17, 15) is 51.4 Å². The van der Waals surface area contributed by atoms with Gasteiger partial charge in [-0.15, -0.1) is 0 Å². The zero-order chi connectivity index (χ0) is 24.3. The molecule has 2 aromatic carbocycles. The summed E-state index contributed by atoms with van der Waals surface area (Å²) in [6, 6.07) is 3.45. The summed E-state index contributed by atoms with van der Waals surface area (Å²) in [6.07, 6.45) is -9.61. The number of ether oxygens (including phenoxy) is 1. The minimum atomic E-state index is -4.88. The lowest BCUT2D eigenvalue weighted by Crippen LogP contribution is -2.30. The molecule has 2 N–H and O–H groups in total. The molecule has 0 saturated heterocycles. The number of hydrazine groups is 1. The molecule has 10 nitrogen and oxygen atoms in total. The van der Waals surface area contributed by atoms with Crippen LogP contribution in [0.2, 0.25) is 0 Å². The summed E-state index contributed by atoms with van der Waals surface area (Å²) in [5.41, 5.74) is -0.863. The summed E-state index contributed by atoms with van der Waals surface area (Å²) in [5, 5.41) is 22.1. The zero-order valence-electron chi connectivity index (χ0n) is 15.3. The van der Waals surface area contributed by atoms with E-state index in [1.54, 1.807) is 5.43 Å². The summed E-state index contributed by atoms with van der Waals surface area (Å²) in [7, 11) is 0. The molecule has 2 aromatic rings. The molecule has 2 rings (SSSR count). The first-order chi connectivity index (χ1) is 14.7. The van der Waals surface area contributed by atoms with Crippen LogP contribution in [0, 0.1) is 20.2 Å². The van der Waals surface area contributed by atoms with Gasteiger partial charge in [-0.25, -0.2) is 0 Å². The Morgan fingerprint density at radius 3 is 2.09 bits per heavy atom. The molecule has 32 heavy (non-hydrogen) atoms. The lowest BCUT2D eigenvalue weighted by Gasteiger charge is -2.13. The minimum Gasteiger partial charge on any atom is -0.484 e. The van der Waals surface area contributed by atoms with E-state index < -0.39 is 68.7 Å². The molecule has 1 amide bonds. The third-order valence-corrected chi connectivity index (χ3v) is 3.64. The predicted octanol–water partition coefficient (Wildman–Crippen LogP) is 4.22. The van der Waals surface area contributed by atoms with Crippen LogP contribution in [0.1, 0.15) is 15.9 Å². The number of anilines is 1. The molecular weight excluding hydrogens is 458 g/mol. The van der Waals surface area contributed by atoms with Crippen molar-refractivity contribution in [3.05, 3.63) is 67.8 Å². The van der Waals surface area contributed by atoms with Crippen molar-refractivity contribution < 1.29 is 45.7 Å². The summed E-state index contributed by atoms with van der Waals surface area (Å²) in [4.78, 5) is 32.2. The molecule has 0 aliphatic carbocycles. The number of hydrogen-bond acceptors (Lipinski definition) is 7. The van der Waals surface area contributed by atoms with Gasteiger partial charge in [0.1, 0.15) is 17.0 Å². The Morgan fingerprint density at radius 1 is 0.938 bits per heavy atom. The molecule has 0 bridgehead atoms. The van der Waals surface area contributed by atoms with Gasteiger partial charge in [-0.05, 0) is 24.3 Å². The quantitative estimate of drug-likeness (QED) is 0.353. The number of halogens is 6. The number of carbonyl (C=O) groups excluding carboxylic acids is 1. The molecule has 0 aliphatic rings. The monoisotopic (exact) mass is 468 g/mol. The van der Waals surface area contributed by atoms with Gasteiger partial charge in [0.05, 0.1) is 15.4 Å². The first-order valence-electron chi connectivity index (χ1n) is 8.09. The van der Waals surface area contributed by atoms with Gasteiger partial charge in [0.15, 0.2) is 6.61 Å². The zero-order valence-corrected chi connectivity index (χ0v) is 15.3. The second kappa shape index (κ2) is 8.94. The topological polar surface area (TPSA) is 137 Å². The summed E-state index contributed by atoms with van der Waals surface area (Å²) < 4.78 is 79.4. The van der Waals surface area contributed by atoms with Crippen LogP contribution < -0.4 is 15.6 Å². The fourth-order valence-electron chi connectivity index (χ4n) is 2.27. The molecule has 0 unspecified atom stereocenters. The SMILES string of the molecule is O=C(NNc1ccc(C(F)(F)F)cc1[N+](=O)[O-])c1cc(OCC(F)(F)F)ccc1[N+](=O)[O-]. The van der Waals surface area contributed by atoms with Crippen molar-refractivity contribution in [2.24, 2.45) is 0 Å². The number of carbonyl (C=O) groups is 1. The number of nitrogens with zero attached hydrogens (tertiary/aromatic N) is 2. The van der Waals surface area contributed by atoms with Crippen molar-refractivity contribution in [2.75, 3.05) is 12.0 Å². The van der Waals surface area contributed by atoms with Crippen molar-refractivity contribution in [1.82, 2.24) is 5.43 Å². The predicted molar refractivity (Wildman–Crippen MR) is 93.8 cm³/mol. The Bertz CT molecular complexity index is 1060. The normalized spacial score (nSPS) is 11.6. The Balaban J connectivity index is 2.29. The molecule has 0 fully saturated rings. The third kappa shape index (κ3) is 6.19. The van der Waals surface area contributed by atoms with Crippen LogP contribution in [-0.2, 0) is 6.18 Å². The second-order valence-electron chi connectivity index (χ2n) is 5.91. The van der Waals surface area contributed by atoms with Gasteiger partial charge in [0.2, 0.25) is 0 Å². The molecule has 0 aliphatic heterocycles. The Hall–Kier alpha value is -4.11. The minimum absolute atomic E-state index is 0.197. The molecule has 0 radical (unpaired) electrons. The maximum atomic E-state index is 12.7. The molecule has 16 heteroatoms. The van der Waals surface area contributed by atoms with Gasteiger partial charge < -0.3 is 4.74 Å². The van der Waals surface area contributed by atoms with Crippen molar-refractivity contribution in [1.29, 1.82) is 0 Å². The number of hydrogen-bond donors (Lipinski definition) is 2. The number of rotatable bonds is 7. The van der Waals surface area contributed by atoms with E-state index in [1.165, 1.54) is 0 Å². The van der Waals surface area contributed by atoms with E-state index in [4.69, 9.17) is 0 Å². The highest BCUT2D eigenvalue weighted by Gasteiger charge is 2.33. The number of benzene rings is 2. The van der Waals surface area contributed by atoms with Gasteiger partial charge in [-0.2, -0.15) is 26.3 Å². The standard InChI is InChI=1S/C16H10F6N4O6/c17-15(18,19)7-32-9-2-4-12(25(28)29)10(6-9)14(27)24-23-11-3-1-8(16(20,21)22)5-13(11)26(30)31/h1-6,23H,7H2,(H,24,27). The van der Waals surface area contributed by atoms with Crippen molar-refractivity contribution in [3.63, 3.8) is 0 Å². The van der Waals surface area contributed by atoms with E-state index >= 15 is 0 Å². The average molecular weight is 468 g/mol. The highest BCUT2D eigenvalue weighted by atomic mass is 19.4. The van der Waals surface area contributed by atoms with Crippen LogP contribution in [0.4, 0.5) is 43.4 Å². The second-order valence-corrected chi connectivity index (χ2v) is 5.91. The summed E-state index contributed by atoms with van der Waals surface area (Å²) in [6.45, 7) is -1.75. The van der Waals surface area contributed by atoms with Gasteiger partial charge in [0, 0.05) is 12.1 Å². The van der Waals surface area contributed by atoms with Gasteiger partial charge in [-0.1, -0.05) is 0 Å². The van der Waals surface area contributed by atoms with Gasteiger partial charge in [0.25, 0.3) is 17.3 Å². The van der Waals surface area contributed by atoms with E-state index in [-0.39, 0.29) is 6.07 Å². The van der Waals surface area contributed by atoms with Crippen LogP contribution in [0.3, 0.4) is 0 Å². The highest BCUT2D eigenvalue weighted by Crippen LogP contribution is 2.35. The van der Waals surface area contributed by atoms with Crippen molar-refractivity contribution >= 4 is 23.0 Å². The summed E-state index contributed by atoms with van der Waals surface area (Å²) in [5.74, 6) is -1.87. The van der Waals surface area contributed by atoms with Gasteiger partial charge >= 0.3 is 12.4 Å². The van der Waals surface area contributed by atoms with E-state index in [1.807, 2.05) is 5.43 Å². The molecule has 0 spiro atoms. The fourth-order valence-corrected chi connectivity index (χ4v) is 2.27. The third-order valence-electron chi connectivity index (χ3n) is 3.64. The number of alkyl halides is 6. The Morgan fingerprint density at radius 2 is 1.56 bits per heavy atom. The largest absolute Gasteiger partial charge is 0.484 e. The number of nitrogens with one attached hydrogen (secondary N) is 2. The van der Waals surface area contributed by atoms with Crippen LogP contribution in [0.5, 0.6) is 5.75 Å². The van der Waals surface area contributed by atoms with E-state index in [0.29, 0.717) is 24.3 Å². The maximum absolute atomic E-state index is 12.7. The number of amides is 1. The van der Waals surface area contributed by atoms with E-state index in [2.05, 4.69) is 4.74 Å². The fraction of sp³-hybridized carbons (Fsp3) is 0.188. The lowest BCUT2D eigenvalue weighted by molar-refractivity contribution is -0.385. The number of nitro groups is 2. The molecule has 0 saturated carbocycles. The maximum Gasteiger partial charge on any atom is 0.422 e. The van der Waals surface area contributed by atoms with Crippen molar-refractivity contribution in [3.8, 4) is 5.75 Å². The summed E-state index contributed by atoms with van der Waals surface area (Å²) >= 11 is 0. The van der Waals surface area contributed by atoms with Crippen LogP contribution in [0.25, 0.3) is 0 Å². The molecule has 0 heterocycles. The van der Waals surface area contributed by atoms with Gasteiger partial charge in [-0.3, -0.25) is 35.9 Å². The van der Waals surface area contributed by atoms with E-state index in [0.717, 1.165) is 6.07 Å². The first kappa shape index (κ1) is 24.2. The molecular formula is C16H10F6N4O6. The highest BCUT2D eigenvalue weighted by molar-refractivity contribution is 5.99. The smallest absolute Gasteiger partial charge is 0.422 e. The van der Waals surface area contributed by atoms with Crippen LogP contribution in [0.15, 0.2) is 36.4 Å². The molecule has 172 valence electrons. The first-order valence-corrected chi connectivity index (χ1v) is 8.09.